The van der Waals surface area contributed by atoms with Crippen molar-refractivity contribution >= 4 is 52.1 Å². The van der Waals surface area contributed by atoms with Crippen LogP contribution in [-0.2, 0) is 6.42 Å². The molecule has 0 fully saturated rings. The second-order valence-electron chi connectivity index (χ2n) is 3.45. The molecule has 0 radical (unpaired) electrons. The minimum atomic E-state index is 0.455. The fraction of sp³-hybridized carbons (Fsp3) is 0.273. The normalized spacial score (nSPS) is 10.6. The van der Waals surface area contributed by atoms with Crippen LogP contribution in [0.1, 0.15) is 4.88 Å². The van der Waals surface area contributed by atoms with Crippen molar-refractivity contribution in [3.63, 3.8) is 0 Å². The molecule has 0 aliphatic rings. The van der Waals surface area contributed by atoms with Gasteiger partial charge in [-0.15, -0.1) is 11.3 Å². The summed E-state index contributed by atoms with van der Waals surface area (Å²) in [5, 5.41) is 4.36. The van der Waals surface area contributed by atoms with Gasteiger partial charge in [-0.25, -0.2) is 9.97 Å². The third kappa shape index (κ3) is 4.02. The van der Waals surface area contributed by atoms with Gasteiger partial charge in [-0.2, -0.15) is 0 Å². The molecule has 0 aromatic carbocycles. The van der Waals surface area contributed by atoms with Crippen molar-refractivity contribution in [2.75, 3.05) is 18.1 Å². The quantitative estimate of drug-likeness (QED) is 0.508. The Morgan fingerprint density at radius 1 is 1.33 bits per heavy atom. The number of anilines is 1. The van der Waals surface area contributed by atoms with E-state index in [1.807, 2.05) is 18.4 Å². The van der Waals surface area contributed by atoms with Crippen LogP contribution in [0.25, 0.3) is 0 Å². The molecule has 0 saturated heterocycles. The summed E-state index contributed by atoms with van der Waals surface area (Å²) >= 11 is 14.8. The molecule has 3 nitrogen and oxygen atoms in total. The lowest BCUT2D eigenvalue weighted by molar-refractivity contribution is 0.946. The van der Waals surface area contributed by atoms with Crippen molar-refractivity contribution < 1.29 is 0 Å². The Hall–Kier alpha value is -0.490. The van der Waals surface area contributed by atoms with Gasteiger partial charge in [0.2, 0.25) is 0 Å². The summed E-state index contributed by atoms with van der Waals surface area (Å²) < 4.78 is 0.819. The van der Waals surface area contributed by atoms with Crippen LogP contribution >= 0.6 is 46.3 Å². The number of hydrogen-bond donors (Lipinski definition) is 1. The van der Waals surface area contributed by atoms with Gasteiger partial charge >= 0.3 is 0 Å². The zero-order valence-electron chi connectivity index (χ0n) is 9.61. The standard InChI is InChI=1S/C11H11Cl2N3S2/c1-17-11-15-8(12)6-10(16-11)14-5-4-7-2-3-9(13)18-7/h2-3,6H,4-5H2,1H3,(H,14,15,16). The summed E-state index contributed by atoms with van der Waals surface area (Å²) in [6.45, 7) is 0.790. The van der Waals surface area contributed by atoms with E-state index in [1.54, 1.807) is 17.4 Å². The van der Waals surface area contributed by atoms with Crippen molar-refractivity contribution in [1.82, 2.24) is 9.97 Å². The van der Waals surface area contributed by atoms with Crippen LogP contribution in [0.4, 0.5) is 5.82 Å². The van der Waals surface area contributed by atoms with E-state index in [9.17, 15) is 0 Å². The van der Waals surface area contributed by atoms with Gasteiger partial charge in [0.15, 0.2) is 5.16 Å². The number of hydrogen-bond acceptors (Lipinski definition) is 5. The van der Waals surface area contributed by atoms with Crippen LogP contribution in [0.2, 0.25) is 9.49 Å². The molecule has 0 unspecified atom stereocenters. The van der Waals surface area contributed by atoms with Gasteiger partial charge in [0.05, 0.1) is 4.34 Å². The van der Waals surface area contributed by atoms with Crippen LogP contribution in [0, 0.1) is 0 Å². The maximum absolute atomic E-state index is 5.91. The van der Waals surface area contributed by atoms with Crippen LogP contribution in [-0.4, -0.2) is 22.8 Å². The van der Waals surface area contributed by atoms with E-state index in [1.165, 1.54) is 16.6 Å². The largest absolute Gasteiger partial charge is 0.370 e. The Kier molecular flexibility index (Phi) is 5.12. The molecular weight excluding hydrogens is 309 g/mol. The van der Waals surface area contributed by atoms with E-state index in [-0.39, 0.29) is 0 Å². The lowest BCUT2D eigenvalue weighted by Gasteiger charge is -2.06. The first-order valence-corrected chi connectivity index (χ1v) is 8.04. The monoisotopic (exact) mass is 319 g/mol. The number of aromatic nitrogens is 2. The maximum Gasteiger partial charge on any atom is 0.190 e. The van der Waals surface area contributed by atoms with Crippen molar-refractivity contribution in [3.05, 3.63) is 32.6 Å². The maximum atomic E-state index is 5.91. The number of nitrogens with zero attached hydrogens (tertiary/aromatic N) is 2. The van der Waals surface area contributed by atoms with Gasteiger partial charge < -0.3 is 5.32 Å². The molecule has 2 aromatic rings. The molecule has 0 spiro atoms. The molecule has 0 amide bonds. The zero-order chi connectivity index (χ0) is 13.0. The highest BCUT2D eigenvalue weighted by molar-refractivity contribution is 7.98. The number of thiophene rings is 1. The molecule has 0 aliphatic carbocycles. The summed E-state index contributed by atoms with van der Waals surface area (Å²) in [6, 6.07) is 5.67. The molecular formula is C11H11Cl2N3S2. The summed E-state index contributed by atoms with van der Waals surface area (Å²) in [6.07, 6.45) is 2.83. The van der Waals surface area contributed by atoms with Gasteiger partial charge in [-0.3, -0.25) is 0 Å². The predicted molar refractivity (Wildman–Crippen MR) is 80.3 cm³/mol. The fourth-order valence-corrected chi connectivity index (χ4v) is 3.08. The number of nitrogens with one attached hydrogen (secondary N) is 1. The van der Waals surface area contributed by atoms with Crippen molar-refractivity contribution in [2.24, 2.45) is 0 Å². The lowest BCUT2D eigenvalue weighted by atomic mass is 10.3. The van der Waals surface area contributed by atoms with Gasteiger partial charge in [0, 0.05) is 17.5 Å². The van der Waals surface area contributed by atoms with Gasteiger partial charge in [0.25, 0.3) is 0 Å². The SMILES string of the molecule is CSc1nc(Cl)cc(NCCc2ccc(Cl)s2)n1. The number of halogens is 2. The smallest absolute Gasteiger partial charge is 0.190 e. The topological polar surface area (TPSA) is 37.8 Å². The predicted octanol–water partition coefficient (Wildman–Crippen LogP) is 4.22. The molecule has 18 heavy (non-hydrogen) atoms. The van der Waals surface area contributed by atoms with Gasteiger partial charge in [-0.05, 0) is 24.8 Å². The first-order chi connectivity index (χ1) is 8.67. The highest BCUT2D eigenvalue weighted by Crippen LogP contribution is 2.22. The number of thioether (sulfide) groups is 1. The van der Waals surface area contributed by atoms with E-state index in [2.05, 4.69) is 15.3 Å². The van der Waals surface area contributed by atoms with E-state index in [4.69, 9.17) is 23.2 Å². The van der Waals surface area contributed by atoms with Crippen LogP contribution in [0.3, 0.4) is 0 Å². The summed E-state index contributed by atoms with van der Waals surface area (Å²) in [5.41, 5.74) is 0. The molecule has 0 aliphatic heterocycles. The van der Waals surface area contributed by atoms with Crippen LogP contribution in [0.5, 0.6) is 0 Å². The second-order valence-corrected chi connectivity index (χ2v) is 6.41. The first kappa shape index (κ1) is 13.9. The minimum absolute atomic E-state index is 0.455. The average Bonchev–Trinajstić information content (AvgIpc) is 2.74. The van der Waals surface area contributed by atoms with E-state index in [0.29, 0.717) is 10.3 Å². The Morgan fingerprint density at radius 3 is 2.83 bits per heavy atom. The Labute approximate surface area is 124 Å². The molecule has 2 rings (SSSR count). The summed E-state index contributed by atoms with van der Waals surface area (Å²) in [4.78, 5) is 9.65. The first-order valence-electron chi connectivity index (χ1n) is 5.24. The van der Waals surface area contributed by atoms with E-state index < -0.39 is 0 Å². The zero-order valence-corrected chi connectivity index (χ0v) is 12.8. The molecule has 96 valence electrons. The molecule has 0 bridgehead atoms. The number of rotatable bonds is 5. The van der Waals surface area contributed by atoms with Gasteiger partial charge in [0.1, 0.15) is 11.0 Å². The average molecular weight is 320 g/mol. The molecule has 1 N–H and O–H groups in total. The lowest BCUT2D eigenvalue weighted by Crippen LogP contribution is -2.06. The fourth-order valence-electron chi connectivity index (χ4n) is 1.38. The molecule has 0 saturated carbocycles. The minimum Gasteiger partial charge on any atom is -0.370 e. The Bertz CT molecular complexity index is 531. The third-order valence-corrected chi connectivity index (χ3v) is 4.20. The molecule has 7 heteroatoms. The highest BCUT2D eigenvalue weighted by Gasteiger charge is 2.03. The molecule has 0 atom stereocenters. The van der Waals surface area contributed by atoms with Crippen molar-refractivity contribution in [3.8, 4) is 0 Å². The Balaban J connectivity index is 1.91. The van der Waals surface area contributed by atoms with E-state index >= 15 is 0 Å². The highest BCUT2D eigenvalue weighted by atomic mass is 35.5. The third-order valence-electron chi connectivity index (χ3n) is 2.16. The van der Waals surface area contributed by atoms with Crippen LogP contribution in [0.15, 0.2) is 23.4 Å². The summed E-state index contributed by atoms with van der Waals surface area (Å²) in [5.74, 6) is 0.752. The molecule has 2 aromatic heterocycles. The van der Waals surface area contributed by atoms with E-state index in [0.717, 1.165) is 23.1 Å². The van der Waals surface area contributed by atoms with Crippen LogP contribution < -0.4 is 5.32 Å². The molecule has 2 heterocycles. The van der Waals surface area contributed by atoms with Gasteiger partial charge in [-0.1, -0.05) is 35.0 Å². The second kappa shape index (κ2) is 6.61. The van der Waals surface area contributed by atoms with Crippen molar-refractivity contribution in [1.29, 1.82) is 0 Å². The Morgan fingerprint density at radius 2 is 2.17 bits per heavy atom. The summed E-state index contributed by atoms with van der Waals surface area (Å²) in [7, 11) is 0. The van der Waals surface area contributed by atoms with Crippen molar-refractivity contribution in [2.45, 2.75) is 11.6 Å².